The Balaban J connectivity index is 0.929. The SMILES string of the molecule is C=C(C(=O)OCCC(CCCC(C)(N)c1cccc2c1Cc1ccccc1-2)c1cccc2c1Cc1ccccc1-2)c1cccc2c1Cc1ccccc1-2. The number of nitrogens with two attached hydrogens (primary N) is 1. The molecule has 2 unspecified atom stereocenters. The highest BCUT2D eigenvalue weighted by Crippen LogP contribution is 2.45. The van der Waals surface area contributed by atoms with E-state index >= 15 is 0 Å². The number of fused-ring (bicyclic) bond motifs is 9. The van der Waals surface area contributed by atoms with Crippen molar-refractivity contribution in [2.75, 3.05) is 6.61 Å². The molecular weight excluding hydrogens is 647 g/mol. The van der Waals surface area contributed by atoms with Gasteiger partial charge in [-0.05, 0) is 135 Å². The van der Waals surface area contributed by atoms with Crippen molar-refractivity contribution in [2.45, 2.75) is 63.3 Å². The second-order valence-electron chi connectivity index (χ2n) is 15.4. The molecule has 0 aromatic heterocycles. The standard InChI is InChI=1S/C50H45NO2/c1-32(37-20-9-22-42-39-17-6-3-13-34(39)29-45(37)42)49(52)53-28-26-33(38-21-10-23-43-40-18-7-4-14-35(40)30-46(38)43)16-12-27-50(2,51)48-25-11-24-44-41-19-8-5-15-36(41)31-47(44)48/h3-11,13-15,17-25,33H,1,12,16,26-31,51H2,2H3. The van der Waals surface area contributed by atoms with Crippen molar-refractivity contribution >= 4 is 11.5 Å². The van der Waals surface area contributed by atoms with Gasteiger partial charge >= 0.3 is 5.97 Å². The molecule has 0 spiro atoms. The van der Waals surface area contributed by atoms with E-state index < -0.39 is 5.54 Å². The van der Waals surface area contributed by atoms with Crippen LogP contribution in [0.5, 0.6) is 0 Å². The molecule has 0 fully saturated rings. The largest absolute Gasteiger partial charge is 0.462 e. The van der Waals surface area contributed by atoms with Gasteiger partial charge in [0.2, 0.25) is 0 Å². The molecule has 0 amide bonds. The van der Waals surface area contributed by atoms with Gasteiger partial charge in [-0.25, -0.2) is 4.79 Å². The third-order valence-electron chi connectivity index (χ3n) is 12.2. The number of benzene rings is 6. The van der Waals surface area contributed by atoms with Crippen LogP contribution in [0.15, 0.2) is 134 Å². The third-order valence-corrected chi connectivity index (χ3v) is 12.2. The second kappa shape index (κ2) is 13.5. The Morgan fingerprint density at radius 1 is 0.642 bits per heavy atom. The highest BCUT2D eigenvalue weighted by Gasteiger charge is 2.31. The molecule has 3 aliphatic carbocycles. The molecule has 262 valence electrons. The Hall–Kier alpha value is -5.51. The highest BCUT2D eigenvalue weighted by molar-refractivity contribution is 6.16. The first kappa shape index (κ1) is 33.3. The fraction of sp³-hybridized carbons (Fsp3) is 0.220. The van der Waals surface area contributed by atoms with Crippen molar-refractivity contribution in [1.82, 2.24) is 0 Å². The van der Waals surface area contributed by atoms with Crippen LogP contribution in [0.4, 0.5) is 0 Å². The summed E-state index contributed by atoms with van der Waals surface area (Å²) in [5.74, 6) is -0.121. The highest BCUT2D eigenvalue weighted by atomic mass is 16.5. The monoisotopic (exact) mass is 691 g/mol. The molecule has 0 saturated carbocycles. The zero-order chi connectivity index (χ0) is 36.1. The minimum Gasteiger partial charge on any atom is -0.462 e. The molecule has 6 aromatic carbocycles. The van der Waals surface area contributed by atoms with Crippen LogP contribution in [-0.4, -0.2) is 12.6 Å². The number of rotatable bonds is 11. The van der Waals surface area contributed by atoms with Gasteiger partial charge in [-0.3, -0.25) is 0 Å². The second-order valence-corrected chi connectivity index (χ2v) is 15.4. The summed E-state index contributed by atoms with van der Waals surface area (Å²) < 4.78 is 6.06. The maximum absolute atomic E-state index is 13.6. The van der Waals surface area contributed by atoms with Gasteiger partial charge in [-0.2, -0.15) is 0 Å². The third kappa shape index (κ3) is 5.94. The molecule has 0 heterocycles. The molecule has 3 aliphatic rings. The van der Waals surface area contributed by atoms with E-state index in [4.69, 9.17) is 10.5 Å². The first-order valence-corrected chi connectivity index (χ1v) is 19.1. The van der Waals surface area contributed by atoms with Crippen molar-refractivity contribution in [3.63, 3.8) is 0 Å². The van der Waals surface area contributed by atoms with Crippen molar-refractivity contribution in [1.29, 1.82) is 0 Å². The lowest BCUT2D eigenvalue weighted by Crippen LogP contribution is -2.34. The van der Waals surface area contributed by atoms with E-state index in [1.807, 2.05) is 12.1 Å². The van der Waals surface area contributed by atoms with E-state index in [0.717, 1.165) is 56.1 Å². The van der Waals surface area contributed by atoms with E-state index in [2.05, 4.69) is 129 Å². The molecule has 2 N–H and O–H groups in total. The van der Waals surface area contributed by atoms with E-state index in [1.165, 1.54) is 72.3 Å². The molecule has 0 aliphatic heterocycles. The molecule has 53 heavy (non-hydrogen) atoms. The summed E-state index contributed by atoms with van der Waals surface area (Å²) in [5.41, 5.74) is 26.4. The van der Waals surface area contributed by atoms with E-state index in [1.54, 1.807) is 0 Å². The minimum absolute atomic E-state index is 0.220. The summed E-state index contributed by atoms with van der Waals surface area (Å²) in [5, 5.41) is 0. The number of hydrogen-bond acceptors (Lipinski definition) is 3. The maximum atomic E-state index is 13.6. The lowest BCUT2D eigenvalue weighted by molar-refractivity contribution is -0.136. The van der Waals surface area contributed by atoms with Crippen molar-refractivity contribution in [3.8, 4) is 33.4 Å². The summed E-state index contributed by atoms with van der Waals surface area (Å²) in [7, 11) is 0. The first-order valence-electron chi connectivity index (χ1n) is 19.1. The number of hydrogen-bond donors (Lipinski definition) is 1. The quantitative estimate of drug-likeness (QED) is 0.108. The summed E-state index contributed by atoms with van der Waals surface area (Å²) in [6, 6.07) is 45.5. The minimum atomic E-state index is -0.466. The van der Waals surface area contributed by atoms with Crippen molar-refractivity contribution < 1.29 is 9.53 Å². The molecule has 0 bridgehead atoms. The fourth-order valence-corrected chi connectivity index (χ4v) is 9.49. The number of carbonyl (C=O) groups excluding carboxylic acids is 1. The van der Waals surface area contributed by atoms with Gasteiger partial charge in [-0.15, -0.1) is 0 Å². The Kier molecular flexibility index (Phi) is 8.48. The average molecular weight is 692 g/mol. The predicted octanol–water partition coefficient (Wildman–Crippen LogP) is 11.2. The molecule has 0 radical (unpaired) electrons. The molecule has 2 atom stereocenters. The van der Waals surface area contributed by atoms with Gasteiger partial charge in [0.1, 0.15) is 0 Å². The van der Waals surface area contributed by atoms with Crippen LogP contribution in [-0.2, 0) is 34.3 Å². The van der Waals surface area contributed by atoms with Gasteiger partial charge < -0.3 is 10.5 Å². The average Bonchev–Trinajstić information content (AvgIpc) is 3.88. The van der Waals surface area contributed by atoms with Gasteiger partial charge in [-0.1, -0.05) is 140 Å². The van der Waals surface area contributed by atoms with E-state index in [0.29, 0.717) is 12.2 Å². The van der Waals surface area contributed by atoms with Crippen LogP contribution in [0.2, 0.25) is 0 Å². The molecular formula is C50H45NO2. The fourth-order valence-electron chi connectivity index (χ4n) is 9.49. The van der Waals surface area contributed by atoms with E-state index in [9.17, 15) is 4.79 Å². The van der Waals surface area contributed by atoms with Gasteiger partial charge in [0.05, 0.1) is 12.2 Å². The van der Waals surface area contributed by atoms with Crippen LogP contribution >= 0.6 is 0 Å². The Morgan fingerprint density at radius 3 is 1.81 bits per heavy atom. The number of carbonyl (C=O) groups is 1. The normalized spacial score (nSPS) is 14.6. The first-order chi connectivity index (χ1) is 25.9. The topological polar surface area (TPSA) is 52.3 Å². The molecule has 9 rings (SSSR count). The van der Waals surface area contributed by atoms with Crippen LogP contribution in [0.25, 0.3) is 39.0 Å². The molecule has 6 aromatic rings. The smallest absolute Gasteiger partial charge is 0.338 e. The van der Waals surface area contributed by atoms with Crippen molar-refractivity contribution in [2.24, 2.45) is 5.73 Å². The number of ether oxygens (including phenoxy) is 1. The summed E-state index contributed by atoms with van der Waals surface area (Å²) >= 11 is 0. The van der Waals surface area contributed by atoms with Crippen LogP contribution in [0, 0.1) is 0 Å². The molecule has 3 nitrogen and oxygen atoms in total. The van der Waals surface area contributed by atoms with Crippen molar-refractivity contribution in [3.05, 3.63) is 184 Å². The number of esters is 1. The summed E-state index contributed by atoms with van der Waals surface area (Å²) in [6.07, 6.45) is 6.19. The van der Waals surface area contributed by atoms with Crippen LogP contribution in [0.3, 0.4) is 0 Å². The Morgan fingerprint density at radius 2 is 1.15 bits per heavy atom. The molecule has 0 saturated heterocycles. The maximum Gasteiger partial charge on any atom is 0.338 e. The summed E-state index contributed by atoms with van der Waals surface area (Å²) in [4.78, 5) is 13.6. The van der Waals surface area contributed by atoms with E-state index in [-0.39, 0.29) is 11.9 Å². The van der Waals surface area contributed by atoms with Gasteiger partial charge in [0.25, 0.3) is 0 Å². The van der Waals surface area contributed by atoms with Crippen LogP contribution < -0.4 is 5.73 Å². The Bertz CT molecular complexity index is 2420. The van der Waals surface area contributed by atoms with Gasteiger partial charge in [0.15, 0.2) is 0 Å². The zero-order valence-corrected chi connectivity index (χ0v) is 30.5. The molecule has 3 heteroatoms. The lowest BCUT2D eigenvalue weighted by atomic mass is 9.80. The van der Waals surface area contributed by atoms with Crippen LogP contribution in [0.1, 0.15) is 88.6 Å². The predicted molar refractivity (Wildman–Crippen MR) is 217 cm³/mol. The van der Waals surface area contributed by atoms with Gasteiger partial charge in [0, 0.05) is 5.54 Å². The summed E-state index contributed by atoms with van der Waals surface area (Å²) in [6.45, 7) is 6.78. The lowest BCUT2D eigenvalue weighted by Gasteiger charge is -2.29. The zero-order valence-electron chi connectivity index (χ0n) is 30.5. The Labute approximate surface area is 313 Å².